The zero-order valence-electron chi connectivity index (χ0n) is 12.2. The lowest BCUT2D eigenvalue weighted by Crippen LogP contribution is -2.30. The van der Waals surface area contributed by atoms with Gasteiger partial charge in [0.25, 0.3) is 0 Å². The van der Waals surface area contributed by atoms with E-state index in [-0.39, 0.29) is 6.04 Å². The number of aryl methyl sites for hydroxylation is 1. The Bertz CT molecular complexity index is 630. The van der Waals surface area contributed by atoms with Crippen molar-refractivity contribution in [2.75, 3.05) is 18.0 Å². The SMILES string of the molecule is Cn1ccnc1-c1ccc(N2C[C@H](C3CC3)[C@@H](N)C2)nn1. The van der Waals surface area contributed by atoms with Crippen LogP contribution in [0.15, 0.2) is 24.5 Å². The van der Waals surface area contributed by atoms with Crippen LogP contribution in [0.1, 0.15) is 12.8 Å². The van der Waals surface area contributed by atoms with Crippen molar-refractivity contribution in [1.82, 2.24) is 19.7 Å². The summed E-state index contributed by atoms with van der Waals surface area (Å²) in [6.07, 6.45) is 6.36. The van der Waals surface area contributed by atoms with Gasteiger partial charge in [-0.1, -0.05) is 0 Å². The third-order valence-electron chi connectivity index (χ3n) is 4.66. The van der Waals surface area contributed by atoms with Gasteiger partial charge in [-0.25, -0.2) is 4.98 Å². The second kappa shape index (κ2) is 4.80. The van der Waals surface area contributed by atoms with Gasteiger partial charge in [-0.3, -0.25) is 0 Å². The molecule has 2 fully saturated rings. The summed E-state index contributed by atoms with van der Waals surface area (Å²) in [7, 11) is 1.96. The molecule has 1 saturated carbocycles. The van der Waals surface area contributed by atoms with Crippen LogP contribution in [-0.4, -0.2) is 38.9 Å². The highest BCUT2D eigenvalue weighted by Gasteiger charge is 2.41. The first-order chi connectivity index (χ1) is 10.2. The first kappa shape index (κ1) is 12.8. The average molecular weight is 284 g/mol. The maximum absolute atomic E-state index is 6.27. The third kappa shape index (κ3) is 2.29. The molecule has 6 nitrogen and oxygen atoms in total. The lowest BCUT2D eigenvalue weighted by Gasteiger charge is -2.16. The Balaban J connectivity index is 1.53. The lowest BCUT2D eigenvalue weighted by molar-refractivity contribution is 0.456. The molecule has 2 aliphatic rings. The molecule has 0 aromatic carbocycles. The molecule has 3 heterocycles. The zero-order chi connectivity index (χ0) is 14.4. The van der Waals surface area contributed by atoms with E-state index in [4.69, 9.17) is 5.73 Å². The van der Waals surface area contributed by atoms with Gasteiger partial charge in [-0.05, 0) is 36.8 Å². The van der Waals surface area contributed by atoms with Gasteiger partial charge >= 0.3 is 0 Å². The molecule has 110 valence electrons. The van der Waals surface area contributed by atoms with Crippen molar-refractivity contribution >= 4 is 5.82 Å². The molecule has 21 heavy (non-hydrogen) atoms. The van der Waals surface area contributed by atoms with Crippen molar-refractivity contribution in [1.29, 1.82) is 0 Å². The van der Waals surface area contributed by atoms with Crippen LogP contribution in [0.4, 0.5) is 5.82 Å². The molecule has 2 atom stereocenters. The molecule has 4 rings (SSSR count). The average Bonchev–Trinajstić information content (AvgIpc) is 3.13. The van der Waals surface area contributed by atoms with Crippen molar-refractivity contribution < 1.29 is 0 Å². The number of hydrogen-bond acceptors (Lipinski definition) is 5. The first-order valence-electron chi connectivity index (χ1n) is 7.54. The fourth-order valence-corrected chi connectivity index (χ4v) is 3.29. The molecule has 0 radical (unpaired) electrons. The van der Waals surface area contributed by atoms with Crippen LogP contribution in [0, 0.1) is 11.8 Å². The number of nitrogens with zero attached hydrogens (tertiary/aromatic N) is 5. The highest BCUT2D eigenvalue weighted by molar-refractivity contribution is 5.52. The van der Waals surface area contributed by atoms with Gasteiger partial charge < -0.3 is 15.2 Å². The molecule has 0 bridgehead atoms. The second-order valence-corrected chi connectivity index (χ2v) is 6.21. The quantitative estimate of drug-likeness (QED) is 0.912. The fourth-order valence-electron chi connectivity index (χ4n) is 3.29. The van der Waals surface area contributed by atoms with Gasteiger partial charge in [0, 0.05) is 38.6 Å². The Morgan fingerprint density at radius 3 is 2.67 bits per heavy atom. The summed E-state index contributed by atoms with van der Waals surface area (Å²) in [5.41, 5.74) is 7.07. The lowest BCUT2D eigenvalue weighted by atomic mass is 9.99. The number of aromatic nitrogens is 4. The number of nitrogens with two attached hydrogens (primary N) is 1. The molecule has 0 spiro atoms. The van der Waals surface area contributed by atoms with E-state index >= 15 is 0 Å². The van der Waals surface area contributed by atoms with E-state index in [9.17, 15) is 0 Å². The number of imidazole rings is 1. The van der Waals surface area contributed by atoms with Crippen LogP contribution in [0.3, 0.4) is 0 Å². The van der Waals surface area contributed by atoms with Crippen molar-refractivity contribution in [2.45, 2.75) is 18.9 Å². The molecule has 2 N–H and O–H groups in total. The fraction of sp³-hybridized carbons (Fsp3) is 0.533. The van der Waals surface area contributed by atoms with Gasteiger partial charge in [0.1, 0.15) is 5.69 Å². The van der Waals surface area contributed by atoms with Crippen LogP contribution in [0.5, 0.6) is 0 Å². The van der Waals surface area contributed by atoms with E-state index in [2.05, 4.69) is 20.1 Å². The minimum atomic E-state index is 0.272. The number of rotatable bonds is 3. The standard InChI is InChI=1S/C15H20N6/c1-20-7-6-17-15(20)13-4-5-14(19-18-13)21-8-11(10-2-3-10)12(16)9-21/h4-7,10-12H,2-3,8-9,16H2,1H3/t11-,12+/m1/s1. The summed E-state index contributed by atoms with van der Waals surface area (Å²) in [4.78, 5) is 6.56. The van der Waals surface area contributed by atoms with Crippen LogP contribution in [0.2, 0.25) is 0 Å². The van der Waals surface area contributed by atoms with E-state index in [1.165, 1.54) is 12.8 Å². The minimum absolute atomic E-state index is 0.272. The summed E-state index contributed by atoms with van der Waals surface area (Å²) in [6, 6.07) is 4.29. The van der Waals surface area contributed by atoms with Crippen LogP contribution in [0.25, 0.3) is 11.5 Å². The normalized spacial score (nSPS) is 25.5. The van der Waals surface area contributed by atoms with Crippen molar-refractivity contribution in [3.05, 3.63) is 24.5 Å². The van der Waals surface area contributed by atoms with E-state index in [0.717, 1.165) is 36.3 Å². The van der Waals surface area contributed by atoms with Gasteiger partial charge in [-0.15, -0.1) is 10.2 Å². The number of anilines is 1. The summed E-state index contributed by atoms with van der Waals surface area (Å²) < 4.78 is 1.94. The van der Waals surface area contributed by atoms with Crippen molar-refractivity contribution in [3.8, 4) is 11.5 Å². The van der Waals surface area contributed by atoms with Crippen molar-refractivity contribution in [3.63, 3.8) is 0 Å². The monoisotopic (exact) mass is 284 g/mol. The van der Waals surface area contributed by atoms with Gasteiger partial charge in [0.15, 0.2) is 11.6 Å². The Hall–Kier alpha value is -1.95. The van der Waals surface area contributed by atoms with Crippen LogP contribution in [-0.2, 0) is 7.05 Å². The summed E-state index contributed by atoms with van der Waals surface area (Å²) in [5, 5.41) is 8.69. The largest absolute Gasteiger partial charge is 0.353 e. The molecule has 2 aromatic heterocycles. The highest BCUT2D eigenvalue weighted by atomic mass is 15.3. The van der Waals surface area contributed by atoms with Crippen molar-refractivity contribution in [2.24, 2.45) is 24.6 Å². The Morgan fingerprint density at radius 1 is 1.19 bits per heavy atom. The molecule has 1 aliphatic heterocycles. The Labute approximate surface area is 124 Å². The molecule has 0 unspecified atom stereocenters. The minimum Gasteiger partial charge on any atom is -0.353 e. The van der Waals surface area contributed by atoms with Gasteiger partial charge in [0.2, 0.25) is 0 Å². The van der Waals surface area contributed by atoms with Crippen LogP contribution < -0.4 is 10.6 Å². The molecular formula is C15H20N6. The Morgan fingerprint density at radius 2 is 2.05 bits per heavy atom. The Kier molecular flexibility index (Phi) is 2.92. The van der Waals surface area contributed by atoms with E-state index < -0.39 is 0 Å². The molecule has 1 aliphatic carbocycles. The third-order valence-corrected chi connectivity index (χ3v) is 4.66. The van der Waals surface area contributed by atoms with E-state index in [1.54, 1.807) is 6.20 Å². The zero-order valence-corrected chi connectivity index (χ0v) is 12.2. The van der Waals surface area contributed by atoms with Gasteiger partial charge in [-0.2, -0.15) is 0 Å². The van der Waals surface area contributed by atoms with E-state index in [1.807, 2.05) is 29.9 Å². The smallest absolute Gasteiger partial charge is 0.160 e. The predicted molar refractivity (Wildman–Crippen MR) is 80.6 cm³/mol. The summed E-state index contributed by atoms with van der Waals surface area (Å²) in [6.45, 7) is 1.90. The molecule has 2 aromatic rings. The van der Waals surface area contributed by atoms with E-state index in [0.29, 0.717) is 5.92 Å². The highest BCUT2D eigenvalue weighted by Crippen LogP contribution is 2.41. The predicted octanol–water partition coefficient (Wildman–Crippen LogP) is 1.05. The topological polar surface area (TPSA) is 72.9 Å². The summed E-state index contributed by atoms with van der Waals surface area (Å²) >= 11 is 0. The summed E-state index contributed by atoms with van der Waals surface area (Å²) in [5.74, 6) is 3.22. The molecular weight excluding hydrogens is 264 g/mol. The molecule has 0 amide bonds. The molecule has 1 saturated heterocycles. The maximum atomic E-state index is 6.27. The second-order valence-electron chi connectivity index (χ2n) is 6.21. The first-order valence-corrected chi connectivity index (χ1v) is 7.54. The number of hydrogen-bond donors (Lipinski definition) is 1. The van der Waals surface area contributed by atoms with Gasteiger partial charge in [0.05, 0.1) is 0 Å². The van der Waals surface area contributed by atoms with Crippen LogP contribution >= 0.6 is 0 Å². The maximum Gasteiger partial charge on any atom is 0.160 e. The molecule has 6 heteroatoms.